The molecule has 0 unspecified atom stereocenters. The highest BCUT2D eigenvalue weighted by molar-refractivity contribution is 6.23. The monoisotopic (exact) mass is 196 g/mol. The van der Waals surface area contributed by atoms with Crippen molar-refractivity contribution in [2.45, 2.75) is 6.92 Å². The van der Waals surface area contributed by atoms with Gasteiger partial charge in [0.25, 0.3) is 0 Å². The van der Waals surface area contributed by atoms with E-state index < -0.39 is 0 Å². The molecule has 0 bridgehead atoms. The Balaban J connectivity index is 3.05. The summed E-state index contributed by atoms with van der Waals surface area (Å²) in [6.07, 6.45) is 0. The van der Waals surface area contributed by atoms with Crippen LogP contribution in [0, 0.1) is 6.92 Å². The lowest BCUT2D eigenvalue weighted by Crippen LogP contribution is -1.90. The molecule has 0 aliphatic heterocycles. The van der Waals surface area contributed by atoms with E-state index in [0.29, 0.717) is 5.88 Å². The van der Waals surface area contributed by atoms with Crippen LogP contribution in [0.1, 0.15) is 11.1 Å². The summed E-state index contributed by atoms with van der Waals surface area (Å²) in [4.78, 5) is 0. The molecule has 0 saturated carbocycles. The lowest BCUT2D eigenvalue weighted by molar-refractivity contribution is 0.414. The first-order valence-corrected chi connectivity index (χ1v) is 4.61. The number of ether oxygens (including phenoxy) is 1. The van der Waals surface area contributed by atoms with E-state index in [2.05, 4.69) is 6.58 Å². The van der Waals surface area contributed by atoms with E-state index in [-0.39, 0.29) is 0 Å². The highest BCUT2D eigenvalue weighted by atomic mass is 35.5. The number of halogens is 1. The maximum atomic E-state index is 5.70. The maximum Gasteiger partial charge on any atom is 0.119 e. The van der Waals surface area contributed by atoms with Crippen molar-refractivity contribution >= 4 is 17.2 Å². The first-order chi connectivity index (χ1) is 6.19. The summed E-state index contributed by atoms with van der Waals surface area (Å²) < 4.78 is 5.10. The Morgan fingerprint density at radius 3 is 2.69 bits per heavy atom. The predicted molar refractivity (Wildman–Crippen MR) is 57.5 cm³/mol. The summed E-state index contributed by atoms with van der Waals surface area (Å²) in [5.41, 5.74) is 3.20. The standard InChI is InChI=1S/C11H13ClO/c1-8-6-10(13-3)4-5-11(8)9(2)7-12/h4-6H,2,7H2,1,3H3. The molecular weight excluding hydrogens is 184 g/mol. The van der Waals surface area contributed by atoms with E-state index in [1.54, 1.807) is 7.11 Å². The van der Waals surface area contributed by atoms with Crippen LogP contribution in [-0.4, -0.2) is 13.0 Å². The third kappa shape index (κ3) is 2.25. The fraction of sp³-hybridized carbons (Fsp3) is 0.273. The van der Waals surface area contributed by atoms with E-state index in [4.69, 9.17) is 16.3 Å². The molecule has 0 radical (unpaired) electrons. The smallest absolute Gasteiger partial charge is 0.119 e. The molecule has 0 spiro atoms. The molecule has 0 aliphatic carbocycles. The fourth-order valence-corrected chi connectivity index (χ4v) is 1.38. The number of hydrogen-bond acceptors (Lipinski definition) is 1. The molecule has 1 aromatic carbocycles. The third-order valence-electron chi connectivity index (χ3n) is 1.98. The molecule has 0 aliphatic rings. The van der Waals surface area contributed by atoms with Crippen LogP contribution in [0.4, 0.5) is 0 Å². The van der Waals surface area contributed by atoms with Gasteiger partial charge in [0.15, 0.2) is 0 Å². The van der Waals surface area contributed by atoms with Crippen molar-refractivity contribution in [1.29, 1.82) is 0 Å². The third-order valence-corrected chi connectivity index (χ3v) is 2.30. The normalized spacial score (nSPS) is 9.77. The zero-order chi connectivity index (χ0) is 9.84. The number of alkyl halides is 1. The Kier molecular flexibility index (Phi) is 3.38. The SMILES string of the molecule is C=C(CCl)c1ccc(OC)cc1C. The zero-order valence-electron chi connectivity index (χ0n) is 7.93. The van der Waals surface area contributed by atoms with Gasteiger partial charge < -0.3 is 4.74 Å². The van der Waals surface area contributed by atoms with Crippen molar-refractivity contribution in [1.82, 2.24) is 0 Å². The lowest BCUT2D eigenvalue weighted by atomic mass is 10.0. The zero-order valence-corrected chi connectivity index (χ0v) is 8.69. The van der Waals surface area contributed by atoms with Crippen LogP contribution in [-0.2, 0) is 0 Å². The summed E-state index contributed by atoms with van der Waals surface area (Å²) in [6.45, 7) is 5.91. The van der Waals surface area contributed by atoms with Gasteiger partial charge in [-0.3, -0.25) is 0 Å². The van der Waals surface area contributed by atoms with E-state index in [1.807, 2.05) is 25.1 Å². The number of allylic oxidation sites excluding steroid dienone is 1. The van der Waals surface area contributed by atoms with Crippen molar-refractivity contribution in [3.63, 3.8) is 0 Å². The van der Waals surface area contributed by atoms with Gasteiger partial charge in [-0.05, 0) is 35.8 Å². The second-order valence-corrected chi connectivity index (χ2v) is 3.19. The summed E-state index contributed by atoms with van der Waals surface area (Å²) in [5.74, 6) is 1.33. The average molecular weight is 197 g/mol. The second-order valence-electron chi connectivity index (χ2n) is 2.92. The van der Waals surface area contributed by atoms with Gasteiger partial charge in [0.2, 0.25) is 0 Å². The van der Waals surface area contributed by atoms with Crippen molar-refractivity contribution in [2.24, 2.45) is 0 Å². The average Bonchev–Trinajstić information content (AvgIpc) is 2.16. The Hall–Kier alpha value is -0.950. The molecular formula is C11H13ClO. The number of methoxy groups -OCH3 is 1. The summed E-state index contributed by atoms with van der Waals surface area (Å²) in [5, 5.41) is 0. The fourth-order valence-electron chi connectivity index (χ4n) is 1.23. The Labute approximate surface area is 84.0 Å². The first-order valence-electron chi connectivity index (χ1n) is 4.07. The largest absolute Gasteiger partial charge is 0.497 e. The van der Waals surface area contributed by atoms with Crippen LogP contribution in [0.15, 0.2) is 24.8 Å². The summed E-state index contributed by atoms with van der Waals surface area (Å²) in [7, 11) is 1.66. The highest BCUT2D eigenvalue weighted by Gasteiger charge is 2.02. The van der Waals surface area contributed by atoms with Gasteiger partial charge in [0.1, 0.15) is 5.75 Å². The van der Waals surface area contributed by atoms with Gasteiger partial charge in [-0.2, -0.15) is 0 Å². The van der Waals surface area contributed by atoms with Crippen LogP contribution >= 0.6 is 11.6 Å². The van der Waals surface area contributed by atoms with Crippen LogP contribution in [0.5, 0.6) is 5.75 Å². The quantitative estimate of drug-likeness (QED) is 0.675. The summed E-state index contributed by atoms with van der Waals surface area (Å²) in [6, 6.07) is 5.88. The molecule has 1 aromatic rings. The molecule has 0 fully saturated rings. The molecule has 1 nitrogen and oxygen atoms in total. The highest BCUT2D eigenvalue weighted by Crippen LogP contribution is 2.22. The van der Waals surface area contributed by atoms with Crippen LogP contribution in [0.25, 0.3) is 5.57 Å². The molecule has 2 heteroatoms. The van der Waals surface area contributed by atoms with Crippen molar-refractivity contribution in [3.8, 4) is 5.75 Å². The molecule has 0 aromatic heterocycles. The molecule has 0 atom stereocenters. The van der Waals surface area contributed by atoms with Crippen molar-refractivity contribution in [3.05, 3.63) is 35.9 Å². The minimum Gasteiger partial charge on any atom is -0.497 e. The maximum absolute atomic E-state index is 5.70. The van der Waals surface area contributed by atoms with E-state index in [9.17, 15) is 0 Å². The molecule has 0 N–H and O–H groups in total. The van der Waals surface area contributed by atoms with Gasteiger partial charge in [-0.15, -0.1) is 11.6 Å². The molecule has 13 heavy (non-hydrogen) atoms. The molecule has 0 heterocycles. The van der Waals surface area contributed by atoms with E-state index in [0.717, 1.165) is 22.4 Å². The topological polar surface area (TPSA) is 9.23 Å². The minimum atomic E-state index is 0.465. The Bertz CT molecular complexity index is 318. The number of rotatable bonds is 3. The van der Waals surface area contributed by atoms with Crippen molar-refractivity contribution in [2.75, 3.05) is 13.0 Å². The van der Waals surface area contributed by atoms with Gasteiger partial charge in [-0.25, -0.2) is 0 Å². The van der Waals surface area contributed by atoms with Crippen LogP contribution < -0.4 is 4.74 Å². The molecule has 0 saturated heterocycles. The molecule has 0 amide bonds. The van der Waals surface area contributed by atoms with Crippen molar-refractivity contribution < 1.29 is 4.74 Å². The number of aryl methyl sites for hydroxylation is 1. The van der Waals surface area contributed by atoms with E-state index in [1.165, 1.54) is 0 Å². The Morgan fingerprint density at radius 1 is 1.54 bits per heavy atom. The van der Waals surface area contributed by atoms with Crippen LogP contribution in [0.3, 0.4) is 0 Å². The number of benzene rings is 1. The first kappa shape index (κ1) is 10.1. The molecule has 1 rings (SSSR count). The Morgan fingerprint density at radius 2 is 2.23 bits per heavy atom. The predicted octanol–water partition coefficient (Wildman–Crippen LogP) is 3.26. The molecule has 70 valence electrons. The van der Waals surface area contributed by atoms with Gasteiger partial charge in [0.05, 0.1) is 7.11 Å². The van der Waals surface area contributed by atoms with Gasteiger partial charge in [-0.1, -0.05) is 12.6 Å². The van der Waals surface area contributed by atoms with Gasteiger partial charge in [0, 0.05) is 5.88 Å². The van der Waals surface area contributed by atoms with Crippen LogP contribution in [0.2, 0.25) is 0 Å². The summed E-state index contributed by atoms with van der Waals surface area (Å²) >= 11 is 5.70. The minimum absolute atomic E-state index is 0.465. The number of hydrogen-bond donors (Lipinski definition) is 0. The second kappa shape index (κ2) is 4.33. The van der Waals surface area contributed by atoms with Gasteiger partial charge >= 0.3 is 0 Å². The van der Waals surface area contributed by atoms with E-state index >= 15 is 0 Å². The lowest BCUT2D eigenvalue weighted by Gasteiger charge is -2.08.